The molecular weight excluding hydrogens is 328 g/mol. The van der Waals surface area contributed by atoms with E-state index in [2.05, 4.69) is 50.8 Å². The first-order valence-electron chi connectivity index (χ1n) is 7.06. The molecule has 0 aliphatic heterocycles. The molecule has 108 valence electrons. The molecule has 1 aliphatic carbocycles. The summed E-state index contributed by atoms with van der Waals surface area (Å²) in [6.07, 6.45) is 2.00. The van der Waals surface area contributed by atoms with Crippen LogP contribution in [0.15, 0.2) is 53.0 Å². The average molecular weight is 345 g/mol. The molecule has 1 aliphatic rings. The zero-order valence-electron chi connectivity index (χ0n) is 11.6. The molecule has 0 heterocycles. The Labute approximate surface area is 132 Å². The van der Waals surface area contributed by atoms with Crippen molar-refractivity contribution in [3.63, 3.8) is 0 Å². The van der Waals surface area contributed by atoms with E-state index in [1.807, 2.05) is 24.3 Å². The van der Waals surface area contributed by atoms with Crippen LogP contribution in [0.2, 0.25) is 0 Å². The number of anilines is 1. The first kappa shape index (κ1) is 14.3. The molecule has 0 aromatic heterocycles. The summed E-state index contributed by atoms with van der Waals surface area (Å²) < 4.78 is 0.958. The van der Waals surface area contributed by atoms with Crippen molar-refractivity contribution in [2.45, 2.75) is 18.9 Å². The molecule has 21 heavy (non-hydrogen) atoms. The van der Waals surface area contributed by atoms with Gasteiger partial charge in [-0.3, -0.25) is 4.79 Å². The third-order valence-electron chi connectivity index (χ3n) is 3.71. The molecule has 3 nitrogen and oxygen atoms in total. The van der Waals surface area contributed by atoms with Gasteiger partial charge in [0.25, 0.3) is 0 Å². The van der Waals surface area contributed by atoms with Crippen LogP contribution in [0, 0.1) is 0 Å². The van der Waals surface area contributed by atoms with Gasteiger partial charge in [-0.25, -0.2) is 0 Å². The van der Waals surface area contributed by atoms with Gasteiger partial charge >= 0.3 is 0 Å². The summed E-state index contributed by atoms with van der Waals surface area (Å²) in [7, 11) is 0. The summed E-state index contributed by atoms with van der Waals surface area (Å²) in [6, 6.07) is 16.4. The van der Waals surface area contributed by atoms with Crippen LogP contribution >= 0.6 is 15.9 Å². The molecule has 2 aromatic carbocycles. The zero-order chi connectivity index (χ0) is 14.7. The Morgan fingerprint density at radius 1 is 1.10 bits per heavy atom. The summed E-state index contributed by atoms with van der Waals surface area (Å²) in [5, 5.41) is 6.24. The Balaban J connectivity index is 1.49. The average Bonchev–Trinajstić information content (AvgIpc) is 2.88. The number of nitrogens with one attached hydrogen (secondary N) is 2. The Hall–Kier alpha value is -1.65. The van der Waals surface area contributed by atoms with Crippen molar-refractivity contribution in [2.75, 3.05) is 11.9 Å². The highest BCUT2D eigenvalue weighted by molar-refractivity contribution is 9.10. The standard InChI is InChI=1S/C17H17BrN2O/c18-14-6-3-7-15(10-14)20-17(21)11-19-16-8-12-4-1-2-5-13(12)9-16/h1-7,10,16,19H,8-9,11H2,(H,20,21). The molecule has 0 saturated carbocycles. The monoisotopic (exact) mass is 344 g/mol. The summed E-state index contributed by atoms with van der Waals surface area (Å²) in [6.45, 7) is 0.338. The Morgan fingerprint density at radius 2 is 1.81 bits per heavy atom. The first-order chi connectivity index (χ1) is 10.2. The Bertz CT molecular complexity index is 632. The second kappa shape index (κ2) is 6.41. The molecule has 0 saturated heterocycles. The van der Waals surface area contributed by atoms with Crippen LogP contribution in [0.25, 0.3) is 0 Å². The van der Waals surface area contributed by atoms with Gasteiger partial charge in [0.2, 0.25) is 5.91 Å². The lowest BCUT2D eigenvalue weighted by Gasteiger charge is -2.12. The number of rotatable bonds is 4. The minimum atomic E-state index is -0.0101. The van der Waals surface area contributed by atoms with Gasteiger partial charge in [-0.05, 0) is 42.2 Å². The minimum absolute atomic E-state index is 0.0101. The number of halogens is 1. The smallest absolute Gasteiger partial charge is 0.238 e. The Morgan fingerprint density at radius 3 is 2.48 bits per heavy atom. The number of carbonyl (C=O) groups is 1. The van der Waals surface area contributed by atoms with Crippen molar-refractivity contribution in [3.8, 4) is 0 Å². The molecule has 0 atom stereocenters. The highest BCUT2D eigenvalue weighted by Gasteiger charge is 2.20. The van der Waals surface area contributed by atoms with Gasteiger partial charge in [0, 0.05) is 16.2 Å². The Kier molecular flexibility index (Phi) is 4.36. The predicted octanol–water partition coefficient (Wildman–Crippen LogP) is 3.14. The predicted molar refractivity (Wildman–Crippen MR) is 88.4 cm³/mol. The normalized spacial score (nSPS) is 14.0. The summed E-state index contributed by atoms with van der Waals surface area (Å²) in [4.78, 5) is 12.0. The number of hydrogen-bond acceptors (Lipinski definition) is 2. The van der Waals surface area contributed by atoms with Crippen molar-refractivity contribution >= 4 is 27.5 Å². The van der Waals surface area contributed by atoms with Gasteiger partial charge in [-0.15, -0.1) is 0 Å². The molecule has 0 spiro atoms. The largest absolute Gasteiger partial charge is 0.325 e. The molecule has 0 fully saturated rings. The van der Waals surface area contributed by atoms with E-state index < -0.39 is 0 Å². The van der Waals surface area contributed by atoms with E-state index in [0.29, 0.717) is 12.6 Å². The van der Waals surface area contributed by atoms with Gasteiger partial charge in [0.1, 0.15) is 0 Å². The van der Waals surface area contributed by atoms with E-state index in [9.17, 15) is 4.79 Å². The topological polar surface area (TPSA) is 41.1 Å². The second-order valence-electron chi connectivity index (χ2n) is 5.31. The first-order valence-corrected chi connectivity index (χ1v) is 7.85. The summed E-state index contributed by atoms with van der Waals surface area (Å²) in [5.74, 6) is -0.0101. The molecule has 0 radical (unpaired) electrons. The van der Waals surface area contributed by atoms with Gasteiger partial charge in [-0.2, -0.15) is 0 Å². The van der Waals surface area contributed by atoms with Crippen LogP contribution in [-0.2, 0) is 17.6 Å². The fourth-order valence-corrected chi connectivity index (χ4v) is 3.11. The van der Waals surface area contributed by atoms with E-state index >= 15 is 0 Å². The fourth-order valence-electron chi connectivity index (χ4n) is 2.71. The molecular formula is C17H17BrN2O. The highest BCUT2D eigenvalue weighted by atomic mass is 79.9. The second-order valence-corrected chi connectivity index (χ2v) is 6.23. The van der Waals surface area contributed by atoms with Crippen LogP contribution < -0.4 is 10.6 Å². The van der Waals surface area contributed by atoms with Crippen molar-refractivity contribution in [3.05, 3.63) is 64.1 Å². The number of benzene rings is 2. The third-order valence-corrected chi connectivity index (χ3v) is 4.20. The molecule has 0 unspecified atom stereocenters. The highest BCUT2D eigenvalue weighted by Crippen LogP contribution is 2.21. The van der Waals surface area contributed by atoms with Gasteiger partial charge < -0.3 is 10.6 Å². The van der Waals surface area contributed by atoms with Crippen LogP contribution in [0.5, 0.6) is 0 Å². The van der Waals surface area contributed by atoms with Crippen molar-refractivity contribution < 1.29 is 4.79 Å². The lowest BCUT2D eigenvalue weighted by molar-refractivity contribution is -0.115. The summed E-state index contributed by atoms with van der Waals surface area (Å²) >= 11 is 3.39. The van der Waals surface area contributed by atoms with E-state index in [1.54, 1.807) is 0 Å². The van der Waals surface area contributed by atoms with Crippen LogP contribution in [-0.4, -0.2) is 18.5 Å². The maximum atomic E-state index is 12.0. The molecule has 0 bridgehead atoms. The number of hydrogen-bond donors (Lipinski definition) is 2. The zero-order valence-corrected chi connectivity index (χ0v) is 13.2. The molecule has 2 N–H and O–H groups in total. The minimum Gasteiger partial charge on any atom is -0.325 e. The SMILES string of the molecule is O=C(CNC1Cc2ccccc2C1)Nc1cccc(Br)c1. The number of amides is 1. The van der Waals surface area contributed by atoms with Gasteiger partial charge in [0.15, 0.2) is 0 Å². The lowest BCUT2D eigenvalue weighted by Crippen LogP contribution is -2.36. The maximum absolute atomic E-state index is 12.0. The molecule has 2 aromatic rings. The van der Waals surface area contributed by atoms with E-state index in [4.69, 9.17) is 0 Å². The quantitative estimate of drug-likeness (QED) is 0.894. The van der Waals surface area contributed by atoms with E-state index in [0.717, 1.165) is 23.0 Å². The molecule has 4 heteroatoms. The number of fused-ring (bicyclic) bond motifs is 1. The van der Waals surface area contributed by atoms with Crippen molar-refractivity contribution in [2.24, 2.45) is 0 Å². The van der Waals surface area contributed by atoms with Crippen LogP contribution in [0.4, 0.5) is 5.69 Å². The number of carbonyl (C=O) groups excluding carboxylic acids is 1. The van der Waals surface area contributed by atoms with Crippen molar-refractivity contribution in [1.82, 2.24) is 5.32 Å². The molecule has 1 amide bonds. The lowest BCUT2D eigenvalue weighted by atomic mass is 10.1. The van der Waals surface area contributed by atoms with E-state index in [-0.39, 0.29) is 5.91 Å². The van der Waals surface area contributed by atoms with Crippen LogP contribution in [0.1, 0.15) is 11.1 Å². The molecule has 3 rings (SSSR count). The van der Waals surface area contributed by atoms with Crippen molar-refractivity contribution in [1.29, 1.82) is 0 Å². The van der Waals surface area contributed by atoms with E-state index in [1.165, 1.54) is 11.1 Å². The third kappa shape index (κ3) is 3.71. The van der Waals surface area contributed by atoms with Gasteiger partial charge in [0.05, 0.1) is 6.54 Å². The maximum Gasteiger partial charge on any atom is 0.238 e. The summed E-state index contributed by atoms with van der Waals surface area (Å²) in [5.41, 5.74) is 3.59. The van der Waals surface area contributed by atoms with Gasteiger partial charge in [-0.1, -0.05) is 46.3 Å². The fraction of sp³-hybridized carbons (Fsp3) is 0.235. The van der Waals surface area contributed by atoms with Crippen LogP contribution in [0.3, 0.4) is 0 Å².